The number of nitrogens with one attached hydrogen (secondary N) is 1. The van der Waals surface area contributed by atoms with Gasteiger partial charge in [0.05, 0.1) is 0 Å². The summed E-state index contributed by atoms with van der Waals surface area (Å²) in [6, 6.07) is 11.4. The SMILES string of the molecule is Cc1ccc(N)cc1C(=O)N1CCC(C(=O)NCc2ccc(F)cc2)CC1. The molecule has 27 heavy (non-hydrogen) atoms. The zero-order valence-electron chi connectivity index (χ0n) is 15.4. The number of amides is 2. The molecule has 0 aliphatic carbocycles. The molecule has 6 heteroatoms. The first-order valence-corrected chi connectivity index (χ1v) is 9.11. The number of hydrogen-bond acceptors (Lipinski definition) is 3. The molecular formula is C21H24FN3O2. The quantitative estimate of drug-likeness (QED) is 0.814. The van der Waals surface area contributed by atoms with Gasteiger partial charge in [-0.15, -0.1) is 0 Å². The van der Waals surface area contributed by atoms with Crippen LogP contribution >= 0.6 is 0 Å². The number of aryl methyl sites for hydroxylation is 1. The summed E-state index contributed by atoms with van der Waals surface area (Å²) in [4.78, 5) is 26.9. The molecule has 0 atom stereocenters. The Morgan fingerprint density at radius 1 is 1.15 bits per heavy atom. The Balaban J connectivity index is 1.52. The van der Waals surface area contributed by atoms with Gasteiger partial charge in [0.2, 0.25) is 5.91 Å². The minimum atomic E-state index is -0.294. The van der Waals surface area contributed by atoms with Crippen LogP contribution in [0.2, 0.25) is 0 Å². The second-order valence-electron chi connectivity index (χ2n) is 6.99. The van der Waals surface area contributed by atoms with E-state index in [9.17, 15) is 14.0 Å². The Bertz CT molecular complexity index is 828. The van der Waals surface area contributed by atoms with Crippen LogP contribution in [0.25, 0.3) is 0 Å². The van der Waals surface area contributed by atoms with Gasteiger partial charge < -0.3 is 16.0 Å². The standard InChI is InChI=1S/C21H24FN3O2/c1-14-2-7-18(23)12-19(14)21(27)25-10-8-16(9-11-25)20(26)24-13-15-3-5-17(22)6-4-15/h2-7,12,16H,8-11,13,23H2,1H3,(H,24,26). The maximum absolute atomic E-state index is 12.9. The fourth-order valence-corrected chi connectivity index (χ4v) is 3.32. The van der Waals surface area contributed by atoms with E-state index >= 15 is 0 Å². The van der Waals surface area contributed by atoms with Crippen molar-refractivity contribution in [3.8, 4) is 0 Å². The van der Waals surface area contributed by atoms with Crippen LogP contribution in [0.4, 0.5) is 10.1 Å². The lowest BCUT2D eigenvalue weighted by molar-refractivity contribution is -0.126. The lowest BCUT2D eigenvalue weighted by atomic mass is 9.95. The Hall–Kier alpha value is -2.89. The van der Waals surface area contributed by atoms with Crippen LogP contribution in [0.5, 0.6) is 0 Å². The predicted octanol–water partition coefficient (Wildman–Crippen LogP) is 2.88. The van der Waals surface area contributed by atoms with Crippen molar-refractivity contribution in [2.75, 3.05) is 18.8 Å². The van der Waals surface area contributed by atoms with E-state index in [0.717, 1.165) is 11.1 Å². The van der Waals surface area contributed by atoms with Gasteiger partial charge in [-0.3, -0.25) is 9.59 Å². The van der Waals surface area contributed by atoms with Crippen molar-refractivity contribution in [1.82, 2.24) is 10.2 Å². The van der Waals surface area contributed by atoms with Crippen LogP contribution in [-0.2, 0) is 11.3 Å². The number of carbonyl (C=O) groups is 2. The average Bonchev–Trinajstić information content (AvgIpc) is 2.69. The molecule has 5 nitrogen and oxygen atoms in total. The number of piperidine rings is 1. The fraction of sp³-hybridized carbons (Fsp3) is 0.333. The molecule has 1 aliphatic rings. The van der Waals surface area contributed by atoms with Gasteiger partial charge in [0.25, 0.3) is 5.91 Å². The molecule has 3 rings (SSSR count). The zero-order valence-corrected chi connectivity index (χ0v) is 15.4. The monoisotopic (exact) mass is 369 g/mol. The van der Waals surface area contributed by atoms with E-state index < -0.39 is 0 Å². The summed E-state index contributed by atoms with van der Waals surface area (Å²) in [5, 5.41) is 2.90. The molecular weight excluding hydrogens is 345 g/mol. The smallest absolute Gasteiger partial charge is 0.254 e. The van der Waals surface area contributed by atoms with Gasteiger partial charge in [0.15, 0.2) is 0 Å². The predicted molar refractivity (Wildman–Crippen MR) is 102 cm³/mol. The van der Waals surface area contributed by atoms with Crippen molar-refractivity contribution in [2.24, 2.45) is 5.92 Å². The molecule has 2 aromatic carbocycles. The highest BCUT2D eigenvalue weighted by molar-refractivity contribution is 5.96. The molecule has 0 aromatic heterocycles. The zero-order chi connectivity index (χ0) is 19.4. The highest BCUT2D eigenvalue weighted by Crippen LogP contribution is 2.21. The van der Waals surface area contributed by atoms with Crippen molar-refractivity contribution in [1.29, 1.82) is 0 Å². The highest BCUT2D eigenvalue weighted by atomic mass is 19.1. The Morgan fingerprint density at radius 3 is 2.48 bits per heavy atom. The molecule has 0 unspecified atom stereocenters. The summed E-state index contributed by atoms with van der Waals surface area (Å²) < 4.78 is 12.9. The molecule has 3 N–H and O–H groups in total. The van der Waals surface area contributed by atoms with E-state index in [0.29, 0.717) is 43.7 Å². The topological polar surface area (TPSA) is 75.4 Å². The molecule has 2 amide bonds. The Morgan fingerprint density at radius 2 is 1.81 bits per heavy atom. The highest BCUT2D eigenvalue weighted by Gasteiger charge is 2.28. The average molecular weight is 369 g/mol. The van der Waals surface area contributed by atoms with Gasteiger partial charge in [-0.1, -0.05) is 18.2 Å². The number of nitrogens with two attached hydrogens (primary N) is 1. The molecule has 0 spiro atoms. The van der Waals surface area contributed by atoms with Gasteiger partial charge in [0.1, 0.15) is 5.82 Å². The second kappa shape index (κ2) is 8.20. The van der Waals surface area contributed by atoms with E-state index in [2.05, 4.69) is 5.32 Å². The van der Waals surface area contributed by atoms with Crippen molar-refractivity contribution < 1.29 is 14.0 Å². The maximum atomic E-state index is 12.9. The first-order valence-electron chi connectivity index (χ1n) is 9.11. The van der Waals surface area contributed by atoms with E-state index in [1.54, 1.807) is 29.2 Å². The van der Waals surface area contributed by atoms with E-state index in [1.165, 1.54) is 12.1 Å². The summed E-state index contributed by atoms with van der Waals surface area (Å²) in [7, 11) is 0. The van der Waals surface area contributed by atoms with Crippen molar-refractivity contribution >= 4 is 17.5 Å². The number of hydrogen-bond donors (Lipinski definition) is 2. The third kappa shape index (κ3) is 4.64. The van der Waals surface area contributed by atoms with Crippen LogP contribution in [0, 0.1) is 18.7 Å². The molecule has 1 saturated heterocycles. The number of halogens is 1. The summed E-state index contributed by atoms with van der Waals surface area (Å²) in [5.74, 6) is -0.467. The number of nitrogens with zero attached hydrogens (tertiary/aromatic N) is 1. The Labute approximate surface area is 158 Å². The minimum absolute atomic E-state index is 0.0217. The molecule has 1 heterocycles. The van der Waals surface area contributed by atoms with Crippen molar-refractivity contribution in [3.63, 3.8) is 0 Å². The van der Waals surface area contributed by atoms with E-state index in [1.807, 2.05) is 13.0 Å². The van der Waals surface area contributed by atoms with Gasteiger partial charge in [0, 0.05) is 36.8 Å². The van der Waals surface area contributed by atoms with Gasteiger partial charge in [-0.25, -0.2) is 4.39 Å². The Kier molecular flexibility index (Phi) is 5.74. The lowest BCUT2D eigenvalue weighted by Crippen LogP contribution is -2.43. The molecule has 1 fully saturated rings. The number of rotatable bonds is 4. The number of carbonyl (C=O) groups excluding carboxylic acids is 2. The fourth-order valence-electron chi connectivity index (χ4n) is 3.32. The number of nitrogen functional groups attached to an aromatic ring is 1. The van der Waals surface area contributed by atoms with Gasteiger partial charge >= 0.3 is 0 Å². The van der Waals surface area contributed by atoms with E-state index in [-0.39, 0.29) is 23.5 Å². The second-order valence-corrected chi connectivity index (χ2v) is 6.99. The lowest BCUT2D eigenvalue weighted by Gasteiger charge is -2.31. The minimum Gasteiger partial charge on any atom is -0.399 e. The third-order valence-electron chi connectivity index (χ3n) is 5.02. The van der Waals surface area contributed by atoms with Crippen LogP contribution < -0.4 is 11.1 Å². The third-order valence-corrected chi connectivity index (χ3v) is 5.02. The summed E-state index contributed by atoms with van der Waals surface area (Å²) >= 11 is 0. The van der Waals surface area contributed by atoms with Gasteiger partial charge in [-0.2, -0.15) is 0 Å². The number of likely N-dealkylation sites (tertiary alicyclic amines) is 1. The van der Waals surface area contributed by atoms with Crippen LogP contribution in [-0.4, -0.2) is 29.8 Å². The van der Waals surface area contributed by atoms with Gasteiger partial charge in [-0.05, 0) is 55.2 Å². The van der Waals surface area contributed by atoms with Crippen LogP contribution in [0.3, 0.4) is 0 Å². The molecule has 1 aliphatic heterocycles. The normalized spacial score (nSPS) is 14.8. The first-order chi connectivity index (χ1) is 12.9. The summed E-state index contributed by atoms with van der Waals surface area (Å²) in [5.41, 5.74) is 8.74. The van der Waals surface area contributed by atoms with Crippen molar-refractivity contribution in [2.45, 2.75) is 26.3 Å². The summed E-state index contributed by atoms with van der Waals surface area (Å²) in [6.45, 7) is 3.35. The number of anilines is 1. The van der Waals surface area contributed by atoms with Crippen molar-refractivity contribution in [3.05, 3.63) is 65.0 Å². The largest absolute Gasteiger partial charge is 0.399 e. The van der Waals surface area contributed by atoms with E-state index in [4.69, 9.17) is 5.73 Å². The van der Waals surface area contributed by atoms with Crippen LogP contribution in [0.15, 0.2) is 42.5 Å². The molecule has 0 bridgehead atoms. The van der Waals surface area contributed by atoms with Crippen LogP contribution in [0.1, 0.15) is 34.3 Å². The maximum Gasteiger partial charge on any atom is 0.254 e. The number of benzene rings is 2. The summed E-state index contributed by atoms with van der Waals surface area (Å²) in [6.07, 6.45) is 1.25. The molecule has 0 saturated carbocycles. The first kappa shape index (κ1) is 18.9. The molecule has 142 valence electrons. The molecule has 2 aromatic rings. The molecule has 0 radical (unpaired) electrons.